The maximum Gasteiger partial charge on any atom is 0.293 e. The maximum absolute atomic E-state index is 12.6. The Balaban J connectivity index is 1.41. The van der Waals surface area contributed by atoms with Crippen molar-refractivity contribution in [2.24, 2.45) is 5.73 Å². The Kier molecular flexibility index (Phi) is 8.67. The number of benzene rings is 2. The minimum absolute atomic E-state index is 0.0227. The van der Waals surface area contributed by atoms with Crippen LogP contribution in [0.1, 0.15) is 40.3 Å². The lowest BCUT2D eigenvalue weighted by Crippen LogP contribution is -2.31. The van der Waals surface area contributed by atoms with Crippen molar-refractivity contribution in [2.75, 3.05) is 26.3 Å². The first-order valence-electron chi connectivity index (χ1n) is 12.2. The number of nitrogens with zero attached hydrogens (tertiary/aromatic N) is 2. The maximum atomic E-state index is 12.6. The highest BCUT2D eigenvalue weighted by molar-refractivity contribution is 5.77. The molecule has 0 spiro atoms. The minimum Gasteiger partial charge on any atom is -0.502 e. The van der Waals surface area contributed by atoms with Gasteiger partial charge in [0.15, 0.2) is 6.67 Å². The number of rotatable bonds is 8. The van der Waals surface area contributed by atoms with Gasteiger partial charge >= 0.3 is 0 Å². The molecule has 37 heavy (non-hydrogen) atoms. The van der Waals surface area contributed by atoms with Gasteiger partial charge in [0, 0.05) is 49.3 Å². The summed E-state index contributed by atoms with van der Waals surface area (Å²) < 4.78 is 12.6. The van der Waals surface area contributed by atoms with E-state index in [1.54, 1.807) is 0 Å². The van der Waals surface area contributed by atoms with E-state index >= 15 is 0 Å². The van der Waals surface area contributed by atoms with E-state index in [1.165, 1.54) is 11.9 Å². The number of H-pyrrole nitrogens is 1. The summed E-state index contributed by atoms with van der Waals surface area (Å²) in [4.78, 5) is 32.0. The molecular formula is C28H30FN5O3. The van der Waals surface area contributed by atoms with Crippen molar-refractivity contribution < 1.29 is 14.3 Å². The Hall–Kier alpha value is -4.00. The molecule has 1 aliphatic rings. The molecular weight excluding hydrogens is 473 g/mol. The summed E-state index contributed by atoms with van der Waals surface area (Å²) in [6.07, 6.45) is 2.60. The summed E-state index contributed by atoms with van der Waals surface area (Å²) >= 11 is 0. The molecule has 5 N–H and O–H groups in total. The number of hydrogen-bond acceptors (Lipinski definition) is 6. The van der Waals surface area contributed by atoms with Crippen LogP contribution in [-0.2, 0) is 17.8 Å². The third kappa shape index (κ3) is 7.26. The highest BCUT2D eigenvalue weighted by Crippen LogP contribution is 2.24. The summed E-state index contributed by atoms with van der Waals surface area (Å²) in [6.45, 7) is 1.74. The number of alkyl halides is 1. The highest BCUT2D eigenvalue weighted by atomic mass is 19.1. The molecule has 3 aromatic rings. The van der Waals surface area contributed by atoms with Crippen LogP contribution in [0.5, 0.6) is 5.75 Å². The Labute approximate surface area is 214 Å². The largest absolute Gasteiger partial charge is 0.502 e. The van der Waals surface area contributed by atoms with Crippen LogP contribution in [0.25, 0.3) is 0 Å². The second kappa shape index (κ2) is 12.3. The summed E-state index contributed by atoms with van der Waals surface area (Å²) in [5, 5.41) is 12.6. The fraction of sp³-hybridized carbons (Fsp3) is 0.321. The fourth-order valence-electron chi connectivity index (χ4n) is 4.37. The zero-order chi connectivity index (χ0) is 26.2. The first-order chi connectivity index (χ1) is 17.9. The smallest absolute Gasteiger partial charge is 0.293 e. The number of carbonyl (C=O) groups is 1. The SMILES string of the molecule is NC1CCN(Cc2ccc(C#Cc3ccc(CC(CNC(=O)CF)c4nc[nH]c(=O)c4O)cc3)cc2)C1. The molecule has 0 bridgehead atoms. The first kappa shape index (κ1) is 26.1. The molecule has 0 aliphatic carbocycles. The summed E-state index contributed by atoms with van der Waals surface area (Å²) in [6, 6.07) is 16.0. The number of amides is 1. The molecule has 1 amide bonds. The fourth-order valence-corrected chi connectivity index (χ4v) is 4.37. The second-order valence-corrected chi connectivity index (χ2v) is 9.23. The second-order valence-electron chi connectivity index (χ2n) is 9.23. The molecule has 1 aliphatic heterocycles. The molecule has 1 fully saturated rings. The van der Waals surface area contributed by atoms with Gasteiger partial charge in [0.2, 0.25) is 5.75 Å². The van der Waals surface area contributed by atoms with Crippen LogP contribution in [0.2, 0.25) is 0 Å². The van der Waals surface area contributed by atoms with Crippen LogP contribution in [-0.4, -0.2) is 58.2 Å². The molecule has 192 valence electrons. The summed E-state index contributed by atoms with van der Waals surface area (Å²) in [7, 11) is 0. The van der Waals surface area contributed by atoms with Crippen LogP contribution in [0.15, 0.2) is 59.7 Å². The molecule has 0 saturated carbocycles. The molecule has 2 atom stereocenters. The molecule has 1 saturated heterocycles. The third-order valence-electron chi connectivity index (χ3n) is 6.37. The normalized spacial score (nSPS) is 16.1. The molecule has 2 heterocycles. The topological polar surface area (TPSA) is 124 Å². The lowest BCUT2D eigenvalue weighted by molar-refractivity contribution is -0.122. The number of aromatic nitrogens is 2. The standard InChI is InChI=1S/C28H30FN5O3/c29-14-25(35)31-15-23(26-27(36)28(37)33-18-32-26)13-21-7-3-19(4-8-21)1-2-20-5-9-22(10-6-20)16-34-12-11-24(30)17-34/h3-10,18,23-24,36H,11-17,30H2,(H,31,35)(H,32,33,37). The predicted molar refractivity (Wildman–Crippen MR) is 139 cm³/mol. The van der Waals surface area contributed by atoms with Gasteiger partial charge in [-0.05, 0) is 48.2 Å². The van der Waals surface area contributed by atoms with Gasteiger partial charge in [-0.15, -0.1) is 0 Å². The lowest BCUT2D eigenvalue weighted by atomic mass is 9.94. The average molecular weight is 504 g/mol. The molecule has 4 rings (SSSR count). The average Bonchev–Trinajstić information content (AvgIpc) is 3.32. The Morgan fingerprint density at radius 3 is 2.41 bits per heavy atom. The number of aromatic amines is 1. The van der Waals surface area contributed by atoms with E-state index in [2.05, 4.69) is 44.2 Å². The number of likely N-dealkylation sites (tertiary alicyclic amines) is 1. The van der Waals surface area contributed by atoms with E-state index in [9.17, 15) is 19.1 Å². The zero-order valence-corrected chi connectivity index (χ0v) is 20.4. The number of halogens is 1. The van der Waals surface area contributed by atoms with E-state index < -0.39 is 29.8 Å². The van der Waals surface area contributed by atoms with E-state index in [0.29, 0.717) is 6.42 Å². The van der Waals surface area contributed by atoms with Gasteiger partial charge < -0.3 is 21.1 Å². The van der Waals surface area contributed by atoms with E-state index in [0.717, 1.165) is 42.7 Å². The Morgan fingerprint density at radius 1 is 1.16 bits per heavy atom. The van der Waals surface area contributed by atoms with Crippen molar-refractivity contribution in [3.63, 3.8) is 0 Å². The van der Waals surface area contributed by atoms with Crippen molar-refractivity contribution in [3.8, 4) is 17.6 Å². The van der Waals surface area contributed by atoms with E-state index in [4.69, 9.17) is 5.73 Å². The van der Waals surface area contributed by atoms with Crippen LogP contribution in [0, 0.1) is 11.8 Å². The molecule has 9 heteroatoms. The van der Waals surface area contributed by atoms with Crippen LogP contribution in [0.4, 0.5) is 4.39 Å². The van der Waals surface area contributed by atoms with Crippen molar-refractivity contribution in [1.29, 1.82) is 0 Å². The number of nitrogens with one attached hydrogen (secondary N) is 2. The third-order valence-corrected chi connectivity index (χ3v) is 6.37. The molecule has 2 aromatic carbocycles. The van der Waals surface area contributed by atoms with Crippen molar-refractivity contribution in [1.82, 2.24) is 20.2 Å². The van der Waals surface area contributed by atoms with E-state index in [1.807, 2.05) is 36.4 Å². The van der Waals surface area contributed by atoms with Crippen molar-refractivity contribution >= 4 is 5.91 Å². The van der Waals surface area contributed by atoms with Gasteiger partial charge in [0.05, 0.1) is 12.0 Å². The van der Waals surface area contributed by atoms with Gasteiger partial charge in [-0.25, -0.2) is 9.37 Å². The Bertz CT molecular complexity index is 1330. The van der Waals surface area contributed by atoms with Crippen molar-refractivity contribution in [2.45, 2.75) is 31.3 Å². The molecule has 2 unspecified atom stereocenters. The van der Waals surface area contributed by atoms with Gasteiger partial charge in [-0.1, -0.05) is 36.1 Å². The predicted octanol–water partition coefficient (Wildman–Crippen LogP) is 1.82. The molecule has 8 nitrogen and oxygen atoms in total. The van der Waals surface area contributed by atoms with Crippen LogP contribution in [0.3, 0.4) is 0 Å². The number of aromatic hydroxyl groups is 1. The quantitative estimate of drug-likeness (QED) is 0.348. The van der Waals surface area contributed by atoms with Crippen LogP contribution < -0.4 is 16.6 Å². The Morgan fingerprint density at radius 2 is 1.81 bits per heavy atom. The van der Waals surface area contributed by atoms with Gasteiger partial charge in [-0.3, -0.25) is 14.5 Å². The zero-order valence-electron chi connectivity index (χ0n) is 20.4. The highest BCUT2D eigenvalue weighted by Gasteiger charge is 2.21. The number of nitrogens with two attached hydrogens (primary N) is 1. The summed E-state index contributed by atoms with van der Waals surface area (Å²) in [5.41, 5.74) is 9.33. The molecule has 1 aromatic heterocycles. The van der Waals surface area contributed by atoms with Crippen molar-refractivity contribution in [3.05, 3.63) is 93.2 Å². The lowest BCUT2D eigenvalue weighted by Gasteiger charge is -2.17. The van der Waals surface area contributed by atoms with Gasteiger partial charge in [0.25, 0.3) is 11.5 Å². The minimum atomic E-state index is -1.15. The summed E-state index contributed by atoms with van der Waals surface area (Å²) in [5.74, 6) is 4.53. The molecule has 0 radical (unpaired) electrons. The van der Waals surface area contributed by atoms with E-state index in [-0.39, 0.29) is 18.3 Å². The van der Waals surface area contributed by atoms with Gasteiger partial charge in [-0.2, -0.15) is 0 Å². The van der Waals surface area contributed by atoms with Crippen LogP contribution >= 0.6 is 0 Å². The number of hydrogen-bond donors (Lipinski definition) is 4. The first-order valence-corrected chi connectivity index (χ1v) is 12.2. The monoisotopic (exact) mass is 503 g/mol. The number of carbonyl (C=O) groups excluding carboxylic acids is 1. The van der Waals surface area contributed by atoms with Gasteiger partial charge in [0.1, 0.15) is 0 Å².